The zero-order chi connectivity index (χ0) is 20.3. The van der Waals surface area contributed by atoms with Gasteiger partial charge in [0.25, 0.3) is 0 Å². The van der Waals surface area contributed by atoms with E-state index in [-0.39, 0.29) is 5.56 Å². The standard InChI is InChI=1S/C23H27N5O2/c29-22-14-17(7-8-24-22)16-1-6-21-20(13-16)23(26-15-25-21)27-18-2-4-19(5-3-18)28-9-11-30-12-10-28/h1,6-8,13-15,18-19H,2-5,9-12H2,(H,24,29)(H,25,26,27). The number of nitrogens with zero attached hydrogens (tertiary/aromatic N) is 3. The molecule has 1 aliphatic carbocycles. The van der Waals surface area contributed by atoms with Gasteiger partial charge in [-0.25, -0.2) is 9.97 Å². The lowest BCUT2D eigenvalue weighted by Crippen LogP contribution is -2.46. The molecule has 30 heavy (non-hydrogen) atoms. The van der Waals surface area contributed by atoms with Gasteiger partial charge in [0.2, 0.25) is 5.56 Å². The smallest absolute Gasteiger partial charge is 0.248 e. The summed E-state index contributed by atoms with van der Waals surface area (Å²) < 4.78 is 5.49. The van der Waals surface area contributed by atoms with Gasteiger partial charge < -0.3 is 15.0 Å². The first-order chi connectivity index (χ1) is 14.8. The molecule has 7 heteroatoms. The van der Waals surface area contributed by atoms with Gasteiger partial charge in [0, 0.05) is 42.8 Å². The summed E-state index contributed by atoms with van der Waals surface area (Å²) in [6, 6.07) is 10.7. The van der Waals surface area contributed by atoms with Crippen LogP contribution in [0.2, 0.25) is 0 Å². The number of ether oxygens (including phenoxy) is 1. The van der Waals surface area contributed by atoms with Crippen LogP contribution in [0.25, 0.3) is 22.0 Å². The number of morpholine rings is 1. The molecule has 156 valence electrons. The Hall–Kier alpha value is -2.77. The van der Waals surface area contributed by atoms with Crippen LogP contribution in [0.1, 0.15) is 25.7 Å². The molecule has 1 aliphatic heterocycles. The Kier molecular flexibility index (Phi) is 5.46. The van der Waals surface area contributed by atoms with Gasteiger partial charge in [-0.1, -0.05) is 6.07 Å². The first kappa shape index (κ1) is 19.2. The van der Waals surface area contributed by atoms with Crippen molar-refractivity contribution in [2.75, 3.05) is 31.6 Å². The monoisotopic (exact) mass is 405 g/mol. The molecule has 0 spiro atoms. The summed E-state index contributed by atoms with van der Waals surface area (Å²) in [5.74, 6) is 0.876. The second-order valence-corrected chi connectivity index (χ2v) is 8.19. The molecule has 3 heterocycles. The number of hydrogen-bond acceptors (Lipinski definition) is 6. The minimum absolute atomic E-state index is 0.104. The first-order valence-electron chi connectivity index (χ1n) is 10.8. The number of anilines is 1. The molecule has 2 N–H and O–H groups in total. The van der Waals surface area contributed by atoms with Crippen molar-refractivity contribution < 1.29 is 4.74 Å². The highest BCUT2D eigenvalue weighted by atomic mass is 16.5. The van der Waals surface area contributed by atoms with Crippen molar-refractivity contribution in [3.05, 3.63) is 53.2 Å². The van der Waals surface area contributed by atoms with Crippen molar-refractivity contribution in [2.24, 2.45) is 0 Å². The van der Waals surface area contributed by atoms with Crippen LogP contribution in [0.5, 0.6) is 0 Å². The fourth-order valence-electron chi connectivity index (χ4n) is 4.70. The van der Waals surface area contributed by atoms with E-state index in [1.807, 2.05) is 18.2 Å². The van der Waals surface area contributed by atoms with Gasteiger partial charge in [-0.05, 0) is 55.0 Å². The molecule has 3 aromatic rings. The van der Waals surface area contributed by atoms with E-state index < -0.39 is 0 Å². The predicted octanol–water partition coefficient (Wildman–Crippen LogP) is 3.04. The molecular formula is C23H27N5O2. The molecule has 0 bridgehead atoms. The van der Waals surface area contributed by atoms with Gasteiger partial charge in [-0.15, -0.1) is 0 Å². The number of hydrogen-bond donors (Lipinski definition) is 2. The zero-order valence-electron chi connectivity index (χ0n) is 17.0. The van der Waals surface area contributed by atoms with Gasteiger partial charge in [0.05, 0.1) is 18.7 Å². The van der Waals surface area contributed by atoms with Crippen LogP contribution in [0.15, 0.2) is 47.7 Å². The quantitative estimate of drug-likeness (QED) is 0.694. The van der Waals surface area contributed by atoms with E-state index in [0.29, 0.717) is 12.1 Å². The molecule has 0 radical (unpaired) electrons. The van der Waals surface area contributed by atoms with Crippen LogP contribution in [-0.2, 0) is 4.74 Å². The number of aromatic nitrogens is 3. The molecule has 0 atom stereocenters. The number of H-pyrrole nitrogens is 1. The van der Waals surface area contributed by atoms with Crippen LogP contribution >= 0.6 is 0 Å². The Morgan fingerprint density at radius 2 is 1.80 bits per heavy atom. The fourth-order valence-corrected chi connectivity index (χ4v) is 4.70. The molecule has 1 aromatic carbocycles. The van der Waals surface area contributed by atoms with Crippen LogP contribution in [0, 0.1) is 0 Å². The summed E-state index contributed by atoms with van der Waals surface area (Å²) in [4.78, 5) is 25.9. The minimum atomic E-state index is -0.104. The third-order valence-corrected chi connectivity index (χ3v) is 6.34. The van der Waals surface area contributed by atoms with Crippen molar-refractivity contribution in [1.82, 2.24) is 19.9 Å². The normalized spacial score (nSPS) is 22.8. The van der Waals surface area contributed by atoms with E-state index in [1.165, 1.54) is 12.8 Å². The van der Waals surface area contributed by atoms with Gasteiger partial charge >= 0.3 is 0 Å². The van der Waals surface area contributed by atoms with Crippen molar-refractivity contribution in [3.8, 4) is 11.1 Å². The predicted molar refractivity (Wildman–Crippen MR) is 118 cm³/mol. The lowest BCUT2D eigenvalue weighted by molar-refractivity contribution is 0.00791. The maximum Gasteiger partial charge on any atom is 0.248 e. The zero-order valence-corrected chi connectivity index (χ0v) is 17.0. The average molecular weight is 406 g/mol. The van der Waals surface area contributed by atoms with E-state index in [0.717, 1.165) is 67.0 Å². The summed E-state index contributed by atoms with van der Waals surface area (Å²) in [6.07, 6.45) is 7.99. The van der Waals surface area contributed by atoms with Crippen molar-refractivity contribution in [3.63, 3.8) is 0 Å². The molecule has 1 saturated heterocycles. The number of nitrogens with one attached hydrogen (secondary N) is 2. The molecule has 1 saturated carbocycles. The molecule has 5 rings (SSSR count). The second-order valence-electron chi connectivity index (χ2n) is 8.19. The summed E-state index contributed by atoms with van der Waals surface area (Å²) in [6.45, 7) is 3.84. The Bertz CT molecular complexity index is 1070. The van der Waals surface area contributed by atoms with E-state index in [4.69, 9.17) is 4.74 Å². The molecule has 0 amide bonds. The lowest BCUT2D eigenvalue weighted by Gasteiger charge is -2.39. The van der Waals surface area contributed by atoms with Gasteiger partial charge in [0.15, 0.2) is 0 Å². The molecule has 2 aliphatic rings. The Morgan fingerprint density at radius 1 is 1.00 bits per heavy atom. The molecular weight excluding hydrogens is 378 g/mol. The maximum absolute atomic E-state index is 11.7. The Balaban J connectivity index is 1.33. The number of rotatable bonds is 4. The highest BCUT2D eigenvalue weighted by Crippen LogP contribution is 2.30. The van der Waals surface area contributed by atoms with E-state index in [9.17, 15) is 4.79 Å². The number of pyridine rings is 1. The van der Waals surface area contributed by atoms with E-state index in [1.54, 1.807) is 18.6 Å². The average Bonchev–Trinajstić information content (AvgIpc) is 2.80. The molecule has 7 nitrogen and oxygen atoms in total. The third kappa shape index (κ3) is 4.08. The first-order valence-corrected chi connectivity index (χ1v) is 10.8. The molecule has 2 fully saturated rings. The number of fused-ring (bicyclic) bond motifs is 1. The minimum Gasteiger partial charge on any atom is -0.379 e. The Morgan fingerprint density at radius 3 is 2.60 bits per heavy atom. The lowest BCUT2D eigenvalue weighted by atomic mass is 9.90. The van der Waals surface area contributed by atoms with Crippen LogP contribution in [0.3, 0.4) is 0 Å². The van der Waals surface area contributed by atoms with E-state index in [2.05, 4.69) is 31.2 Å². The third-order valence-electron chi connectivity index (χ3n) is 6.34. The van der Waals surface area contributed by atoms with Crippen LogP contribution in [0.4, 0.5) is 5.82 Å². The van der Waals surface area contributed by atoms with Crippen molar-refractivity contribution in [2.45, 2.75) is 37.8 Å². The number of benzene rings is 1. The Labute approximate surface area is 175 Å². The van der Waals surface area contributed by atoms with Gasteiger partial charge in [0.1, 0.15) is 12.1 Å². The maximum atomic E-state index is 11.7. The topological polar surface area (TPSA) is 83.1 Å². The second kappa shape index (κ2) is 8.53. The highest BCUT2D eigenvalue weighted by molar-refractivity contribution is 5.92. The summed E-state index contributed by atoms with van der Waals surface area (Å²) in [7, 11) is 0. The van der Waals surface area contributed by atoms with Crippen LogP contribution < -0.4 is 10.9 Å². The summed E-state index contributed by atoms with van der Waals surface area (Å²) >= 11 is 0. The van der Waals surface area contributed by atoms with Crippen molar-refractivity contribution in [1.29, 1.82) is 0 Å². The summed E-state index contributed by atoms with van der Waals surface area (Å²) in [5, 5.41) is 4.67. The fraction of sp³-hybridized carbons (Fsp3) is 0.435. The summed E-state index contributed by atoms with van der Waals surface area (Å²) in [5.41, 5.74) is 2.68. The van der Waals surface area contributed by atoms with Gasteiger partial charge in [-0.2, -0.15) is 0 Å². The van der Waals surface area contributed by atoms with E-state index >= 15 is 0 Å². The number of aromatic amines is 1. The van der Waals surface area contributed by atoms with Crippen molar-refractivity contribution >= 4 is 16.7 Å². The van der Waals surface area contributed by atoms with Crippen LogP contribution in [-0.4, -0.2) is 58.2 Å². The highest BCUT2D eigenvalue weighted by Gasteiger charge is 2.27. The molecule has 0 unspecified atom stereocenters. The SMILES string of the molecule is O=c1cc(-c2ccc3ncnc(NC4CCC(N5CCOCC5)CC4)c3c2)cc[nH]1. The van der Waals surface area contributed by atoms with Gasteiger partial charge in [-0.3, -0.25) is 9.69 Å². The largest absolute Gasteiger partial charge is 0.379 e. The molecule has 2 aromatic heterocycles.